The molecule has 1 saturated heterocycles. The molecule has 2 heteroatoms. The molecule has 82 valence electrons. The standard InChI is InChI=1S/C12H24N2/c1-12(2)9-13-11-7-5-4-6-10(11)8-14(12)3/h10-11,13H,4-9H2,1-3H3. The molecule has 1 aliphatic carbocycles. The minimum Gasteiger partial charge on any atom is -0.312 e. The van der Waals surface area contributed by atoms with Crippen molar-refractivity contribution in [3.05, 3.63) is 0 Å². The van der Waals surface area contributed by atoms with Crippen LogP contribution in [0.25, 0.3) is 0 Å². The van der Waals surface area contributed by atoms with Crippen LogP contribution in [0.1, 0.15) is 39.5 Å². The van der Waals surface area contributed by atoms with Gasteiger partial charge in [0.1, 0.15) is 0 Å². The van der Waals surface area contributed by atoms with Crippen molar-refractivity contribution in [2.75, 3.05) is 20.1 Å². The van der Waals surface area contributed by atoms with Gasteiger partial charge in [-0.2, -0.15) is 0 Å². The molecule has 2 atom stereocenters. The monoisotopic (exact) mass is 196 g/mol. The zero-order valence-electron chi connectivity index (χ0n) is 9.84. The van der Waals surface area contributed by atoms with Crippen molar-refractivity contribution in [2.45, 2.75) is 51.1 Å². The summed E-state index contributed by atoms with van der Waals surface area (Å²) < 4.78 is 0. The summed E-state index contributed by atoms with van der Waals surface area (Å²) in [6.07, 6.45) is 5.70. The van der Waals surface area contributed by atoms with E-state index >= 15 is 0 Å². The Labute approximate surface area is 88.1 Å². The van der Waals surface area contributed by atoms with Crippen LogP contribution in [0, 0.1) is 5.92 Å². The molecule has 0 aromatic rings. The molecule has 2 rings (SSSR count). The molecule has 0 aromatic carbocycles. The first-order chi connectivity index (χ1) is 6.59. The number of likely N-dealkylation sites (N-methyl/N-ethyl adjacent to an activating group) is 1. The van der Waals surface area contributed by atoms with Gasteiger partial charge in [-0.25, -0.2) is 0 Å². The largest absolute Gasteiger partial charge is 0.312 e. The van der Waals surface area contributed by atoms with E-state index in [-0.39, 0.29) is 0 Å². The van der Waals surface area contributed by atoms with Crippen molar-refractivity contribution in [2.24, 2.45) is 5.92 Å². The molecule has 0 bridgehead atoms. The zero-order chi connectivity index (χ0) is 10.2. The van der Waals surface area contributed by atoms with Crippen LogP contribution in [-0.2, 0) is 0 Å². The Morgan fingerprint density at radius 2 is 1.93 bits per heavy atom. The molecule has 2 nitrogen and oxygen atoms in total. The highest BCUT2D eigenvalue weighted by atomic mass is 15.2. The quantitative estimate of drug-likeness (QED) is 0.636. The second-order valence-corrected chi connectivity index (χ2v) is 5.72. The van der Waals surface area contributed by atoms with E-state index in [9.17, 15) is 0 Å². The van der Waals surface area contributed by atoms with E-state index in [0.717, 1.165) is 18.5 Å². The molecule has 1 saturated carbocycles. The van der Waals surface area contributed by atoms with E-state index in [4.69, 9.17) is 0 Å². The van der Waals surface area contributed by atoms with Gasteiger partial charge in [-0.1, -0.05) is 12.8 Å². The van der Waals surface area contributed by atoms with Crippen LogP contribution >= 0.6 is 0 Å². The molecule has 2 unspecified atom stereocenters. The molecule has 2 aliphatic rings. The Bertz CT molecular complexity index is 200. The van der Waals surface area contributed by atoms with Crippen LogP contribution in [0.4, 0.5) is 0 Å². The summed E-state index contributed by atoms with van der Waals surface area (Å²) in [6.45, 7) is 7.12. The van der Waals surface area contributed by atoms with Gasteiger partial charge < -0.3 is 5.32 Å². The van der Waals surface area contributed by atoms with E-state index in [1.54, 1.807) is 0 Å². The van der Waals surface area contributed by atoms with Gasteiger partial charge >= 0.3 is 0 Å². The SMILES string of the molecule is CN1CC2CCCCC2NCC1(C)C. The first-order valence-electron chi connectivity index (χ1n) is 6.04. The van der Waals surface area contributed by atoms with Gasteiger partial charge in [0, 0.05) is 24.7 Å². The maximum absolute atomic E-state index is 3.76. The van der Waals surface area contributed by atoms with E-state index in [1.807, 2.05) is 0 Å². The number of fused-ring (bicyclic) bond motifs is 1. The zero-order valence-corrected chi connectivity index (χ0v) is 9.84. The fourth-order valence-electron chi connectivity index (χ4n) is 2.81. The lowest BCUT2D eigenvalue weighted by molar-refractivity contribution is 0.147. The van der Waals surface area contributed by atoms with Crippen molar-refractivity contribution in [3.8, 4) is 0 Å². The molecule has 1 heterocycles. The summed E-state index contributed by atoms with van der Waals surface area (Å²) in [6, 6.07) is 0.799. The molecule has 0 radical (unpaired) electrons. The van der Waals surface area contributed by atoms with Crippen LogP contribution in [-0.4, -0.2) is 36.6 Å². The summed E-state index contributed by atoms with van der Waals surface area (Å²) in [5.74, 6) is 0.899. The fraction of sp³-hybridized carbons (Fsp3) is 1.00. The highest BCUT2D eigenvalue weighted by Crippen LogP contribution is 2.29. The molecular formula is C12H24N2. The number of hydrogen-bond donors (Lipinski definition) is 1. The molecular weight excluding hydrogens is 172 g/mol. The highest BCUT2D eigenvalue weighted by molar-refractivity contribution is 4.93. The highest BCUT2D eigenvalue weighted by Gasteiger charge is 2.34. The van der Waals surface area contributed by atoms with Gasteiger partial charge in [0.15, 0.2) is 0 Å². The first kappa shape index (κ1) is 10.4. The Balaban J connectivity index is 2.06. The van der Waals surface area contributed by atoms with Crippen molar-refractivity contribution in [1.82, 2.24) is 10.2 Å². The molecule has 1 N–H and O–H groups in total. The second kappa shape index (κ2) is 3.82. The maximum Gasteiger partial charge on any atom is 0.0274 e. The average molecular weight is 196 g/mol. The molecule has 14 heavy (non-hydrogen) atoms. The minimum absolute atomic E-state index is 0.331. The minimum atomic E-state index is 0.331. The van der Waals surface area contributed by atoms with Gasteiger partial charge in [-0.05, 0) is 39.7 Å². The fourth-order valence-corrected chi connectivity index (χ4v) is 2.81. The molecule has 0 amide bonds. The van der Waals surface area contributed by atoms with Crippen LogP contribution < -0.4 is 5.32 Å². The third-order valence-corrected chi connectivity index (χ3v) is 4.25. The molecule has 0 aromatic heterocycles. The number of rotatable bonds is 0. The van der Waals surface area contributed by atoms with Crippen molar-refractivity contribution >= 4 is 0 Å². The van der Waals surface area contributed by atoms with Crippen molar-refractivity contribution < 1.29 is 0 Å². The Hall–Kier alpha value is -0.0800. The predicted molar refractivity (Wildman–Crippen MR) is 60.5 cm³/mol. The Morgan fingerprint density at radius 1 is 1.21 bits per heavy atom. The lowest BCUT2D eigenvalue weighted by Crippen LogP contribution is -2.46. The lowest BCUT2D eigenvalue weighted by atomic mass is 9.84. The average Bonchev–Trinajstić information content (AvgIpc) is 2.26. The van der Waals surface area contributed by atoms with Crippen LogP contribution in [0.2, 0.25) is 0 Å². The van der Waals surface area contributed by atoms with E-state index in [0.29, 0.717) is 5.54 Å². The smallest absolute Gasteiger partial charge is 0.0274 e. The van der Waals surface area contributed by atoms with Gasteiger partial charge in [0.2, 0.25) is 0 Å². The van der Waals surface area contributed by atoms with Crippen LogP contribution in [0.5, 0.6) is 0 Å². The summed E-state index contributed by atoms with van der Waals surface area (Å²) in [5, 5.41) is 3.76. The summed E-state index contributed by atoms with van der Waals surface area (Å²) in [7, 11) is 2.28. The number of nitrogens with zero attached hydrogens (tertiary/aromatic N) is 1. The molecule has 1 aliphatic heterocycles. The summed E-state index contributed by atoms with van der Waals surface area (Å²) in [5.41, 5.74) is 0.331. The van der Waals surface area contributed by atoms with Gasteiger partial charge in [0.25, 0.3) is 0 Å². The van der Waals surface area contributed by atoms with E-state index in [1.165, 1.54) is 32.2 Å². The first-order valence-corrected chi connectivity index (χ1v) is 6.04. The van der Waals surface area contributed by atoms with Crippen LogP contribution in [0.15, 0.2) is 0 Å². The van der Waals surface area contributed by atoms with Crippen LogP contribution in [0.3, 0.4) is 0 Å². The summed E-state index contributed by atoms with van der Waals surface area (Å²) in [4.78, 5) is 2.54. The van der Waals surface area contributed by atoms with Crippen molar-refractivity contribution in [3.63, 3.8) is 0 Å². The van der Waals surface area contributed by atoms with Gasteiger partial charge in [-0.15, -0.1) is 0 Å². The van der Waals surface area contributed by atoms with Gasteiger partial charge in [-0.3, -0.25) is 4.90 Å². The Kier molecular flexibility index (Phi) is 2.85. The number of nitrogens with one attached hydrogen (secondary N) is 1. The molecule has 0 spiro atoms. The molecule has 2 fully saturated rings. The Morgan fingerprint density at radius 3 is 2.71 bits per heavy atom. The van der Waals surface area contributed by atoms with E-state index < -0.39 is 0 Å². The summed E-state index contributed by atoms with van der Waals surface area (Å²) >= 11 is 0. The predicted octanol–water partition coefficient (Wildman–Crippen LogP) is 1.86. The topological polar surface area (TPSA) is 15.3 Å². The van der Waals surface area contributed by atoms with Crippen molar-refractivity contribution in [1.29, 1.82) is 0 Å². The third-order valence-electron chi connectivity index (χ3n) is 4.25. The van der Waals surface area contributed by atoms with Gasteiger partial charge in [0.05, 0.1) is 0 Å². The maximum atomic E-state index is 3.76. The second-order valence-electron chi connectivity index (χ2n) is 5.72. The number of hydrogen-bond acceptors (Lipinski definition) is 2. The lowest BCUT2D eigenvalue weighted by Gasteiger charge is -2.35. The van der Waals surface area contributed by atoms with E-state index in [2.05, 4.69) is 31.1 Å². The third kappa shape index (κ3) is 1.96. The normalized spacial score (nSPS) is 38.8.